The lowest BCUT2D eigenvalue weighted by Crippen LogP contribution is -2.17. The summed E-state index contributed by atoms with van der Waals surface area (Å²) in [5.41, 5.74) is 1.19. The molecular formula is C18H16N2O6. The summed E-state index contributed by atoms with van der Waals surface area (Å²) < 4.78 is 21.0. The first kappa shape index (κ1) is 16.1. The van der Waals surface area contributed by atoms with Crippen molar-refractivity contribution in [3.05, 3.63) is 36.4 Å². The van der Waals surface area contributed by atoms with E-state index >= 15 is 0 Å². The van der Waals surface area contributed by atoms with Gasteiger partial charge in [0.15, 0.2) is 23.0 Å². The highest BCUT2D eigenvalue weighted by molar-refractivity contribution is 5.97. The van der Waals surface area contributed by atoms with Crippen LogP contribution in [0.4, 0.5) is 11.4 Å². The Morgan fingerprint density at radius 3 is 1.58 bits per heavy atom. The number of carbonyl (C=O) groups is 2. The van der Waals surface area contributed by atoms with E-state index < -0.39 is 0 Å². The summed E-state index contributed by atoms with van der Waals surface area (Å²) >= 11 is 0. The molecule has 0 saturated carbocycles. The van der Waals surface area contributed by atoms with Gasteiger partial charge in [-0.2, -0.15) is 0 Å². The van der Waals surface area contributed by atoms with Gasteiger partial charge in [0.05, 0.1) is 0 Å². The first-order valence-corrected chi connectivity index (χ1v) is 8.06. The molecule has 2 aromatic carbocycles. The van der Waals surface area contributed by atoms with Gasteiger partial charge < -0.3 is 29.6 Å². The van der Waals surface area contributed by atoms with Crippen LogP contribution in [-0.2, 0) is 9.59 Å². The van der Waals surface area contributed by atoms with Crippen molar-refractivity contribution in [2.75, 3.05) is 24.2 Å². The molecule has 2 aliphatic rings. The molecule has 0 atom stereocenters. The molecule has 0 radical (unpaired) electrons. The van der Waals surface area contributed by atoms with Gasteiger partial charge >= 0.3 is 0 Å². The minimum Gasteiger partial charge on any atom is -0.454 e. The zero-order chi connectivity index (χ0) is 17.9. The van der Waals surface area contributed by atoms with Gasteiger partial charge in [-0.05, 0) is 24.3 Å². The standard InChI is InChI=1S/C18H16N2O6/c21-17(19-11-1-3-13-15(7-11)25-9-23-13)5-6-18(22)20-12-2-4-14-16(8-12)26-10-24-14/h1-4,7-8H,5-6,9-10H2,(H,19,21)(H,20,22). The highest BCUT2D eigenvalue weighted by Gasteiger charge is 2.16. The van der Waals surface area contributed by atoms with Crippen LogP contribution < -0.4 is 29.6 Å². The molecule has 8 nitrogen and oxygen atoms in total. The fourth-order valence-corrected chi connectivity index (χ4v) is 2.62. The Bertz CT molecular complexity index is 795. The summed E-state index contributed by atoms with van der Waals surface area (Å²) in [7, 11) is 0. The molecule has 2 aliphatic heterocycles. The Morgan fingerprint density at radius 1 is 0.692 bits per heavy atom. The topological polar surface area (TPSA) is 95.1 Å². The number of carbonyl (C=O) groups excluding carboxylic acids is 2. The fourth-order valence-electron chi connectivity index (χ4n) is 2.62. The molecule has 8 heteroatoms. The van der Waals surface area contributed by atoms with Gasteiger partial charge in [-0.1, -0.05) is 0 Å². The van der Waals surface area contributed by atoms with E-state index in [1.165, 1.54) is 0 Å². The lowest BCUT2D eigenvalue weighted by atomic mass is 10.2. The van der Waals surface area contributed by atoms with Gasteiger partial charge in [0.25, 0.3) is 0 Å². The van der Waals surface area contributed by atoms with E-state index in [1.54, 1.807) is 36.4 Å². The van der Waals surface area contributed by atoms with Gasteiger partial charge in [0, 0.05) is 36.3 Å². The third-order valence-corrected chi connectivity index (χ3v) is 3.89. The Kier molecular flexibility index (Phi) is 4.22. The Hall–Kier alpha value is -3.42. The largest absolute Gasteiger partial charge is 0.454 e. The summed E-state index contributed by atoms with van der Waals surface area (Å²) in [6, 6.07) is 10.3. The minimum absolute atomic E-state index is 0.0603. The molecular weight excluding hydrogens is 340 g/mol. The number of ether oxygens (including phenoxy) is 4. The van der Waals surface area contributed by atoms with E-state index in [0.29, 0.717) is 34.4 Å². The number of hydrogen-bond donors (Lipinski definition) is 2. The van der Waals surface area contributed by atoms with Crippen LogP contribution in [0.2, 0.25) is 0 Å². The van der Waals surface area contributed by atoms with Gasteiger partial charge in [-0.25, -0.2) is 0 Å². The smallest absolute Gasteiger partial charge is 0.231 e. The lowest BCUT2D eigenvalue weighted by Gasteiger charge is -2.08. The van der Waals surface area contributed by atoms with Crippen molar-refractivity contribution in [1.82, 2.24) is 0 Å². The van der Waals surface area contributed by atoms with Crippen molar-refractivity contribution in [3.63, 3.8) is 0 Å². The molecule has 0 bridgehead atoms. The maximum absolute atomic E-state index is 12.0. The van der Waals surface area contributed by atoms with Crippen LogP contribution in [0.5, 0.6) is 23.0 Å². The number of fused-ring (bicyclic) bond motifs is 2. The second kappa shape index (κ2) is 6.83. The second-order valence-corrected chi connectivity index (χ2v) is 5.73. The van der Waals surface area contributed by atoms with E-state index in [9.17, 15) is 9.59 Å². The maximum Gasteiger partial charge on any atom is 0.231 e. The quantitative estimate of drug-likeness (QED) is 0.855. The monoisotopic (exact) mass is 356 g/mol. The molecule has 2 aromatic rings. The highest BCUT2D eigenvalue weighted by atomic mass is 16.7. The van der Waals surface area contributed by atoms with Crippen molar-refractivity contribution in [2.45, 2.75) is 12.8 Å². The molecule has 2 N–H and O–H groups in total. The molecule has 134 valence electrons. The minimum atomic E-state index is -0.260. The Balaban J connectivity index is 1.27. The van der Waals surface area contributed by atoms with Crippen LogP contribution in [0.3, 0.4) is 0 Å². The third-order valence-electron chi connectivity index (χ3n) is 3.89. The van der Waals surface area contributed by atoms with Crippen molar-refractivity contribution >= 4 is 23.2 Å². The molecule has 0 aromatic heterocycles. The highest BCUT2D eigenvalue weighted by Crippen LogP contribution is 2.35. The summed E-state index contributed by atoms with van der Waals surface area (Å²) in [5.74, 6) is 1.94. The van der Waals surface area contributed by atoms with Crippen molar-refractivity contribution in [1.29, 1.82) is 0 Å². The normalized spacial score (nSPS) is 13.4. The van der Waals surface area contributed by atoms with E-state index in [2.05, 4.69) is 10.6 Å². The first-order chi connectivity index (χ1) is 12.7. The Morgan fingerprint density at radius 2 is 1.12 bits per heavy atom. The molecule has 2 amide bonds. The maximum atomic E-state index is 12.0. The number of amides is 2. The number of benzene rings is 2. The summed E-state index contributed by atoms with van der Waals surface area (Å²) in [5, 5.41) is 5.47. The number of hydrogen-bond acceptors (Lipinski definition) is 6. The van der Waals surface area contributed by atoms with E-state index in [0.717, 1.165) is 0 Å². The van der Waals surface area contributed by atoms with E-state index in [4.69, 9.17) is 18.9 Å². The van der Waals surface area contributed by atoms with Crippen LogP contribution in [0.15, 0.2) is 36.4 Å². The lowest BCUT2D eigenvalue weighted by molar-refractivity contribution is -0.121. The summed E-state index contributed by atoms with van der Waals surface area (Å²) in [6.45, 7) is 0.347. The molecule has 0 saturated heterocycles. The number of anilines is 2. The average molecular weight is 356 g/mol. The fraction of sp³-hybridized carbons (Fsp3) is 0.222. The van der Waals surface area contributed by atoms with Crippen LogP contribution >= 0.6 is 0 Å². The van der Waals surface area contributed by atoms with Gasteiger partial charge in [-0.15, -0.1) is 0 Å². The third kappa shape index (κ3) is 3.49. The summed E-state index contributed by atoms with van der Waals surface area (Å²) in [4.78, 5) is 24.0. The number of rotatable bonds is 5. The van der Waals surface area contributed by atoms with Crippen LogP contribution in [-0.4, -0.2) is 25.4 Å². The molecule has 0 aliphatic carbocycles. The second-order valence-electron chi connectivity index (χ2n) is 5.73. The van der Waals surface area contributed by atoms with Crippen LogP contribution in [0, 0.1) is 0 Å². The average Bonchev–Trinajstić information content (AvgIpc) is 3.28. The number of nitrogens with one attached hydrogen (secondary N) is 2. The molecule has 0 unspecified atom stereocenters. The predicted molar refractivity (Wildman–Crippen MR) is 91.6 cm³/mol. The van der Waals surface area contributed by atoms with E-state index in [-0.39, 0.29) is 38.2 Å². The zero-order valence-electron chi connectivity index (χ0n) is 13.7. The Labute approximate surface area is 149 Å². The SMILES string of the molecule is O=C(CCC(=O)Nc1ccc2c(c1)OCO2)Nc1ccc2c(c1)OCO2. The predicted octanol–water partition coefficient (Wildman–Crippen LogP) is 2.50. The zero-order valence-corrected chi connectivity index (χ0v) is 13.7. The molecule has 0 spiro atoms. The molecule has 0 fully saturated rings. The van der Waals surface area contributed by atoms with Gasteiger partial charge in [0.1, 0.15) is 0 Å². The molecule has 2 heterocycles. The first-order valence-electron chi connectivity index (χ1n) is 8.06. The van der Waals surface area contributed by atoms with Crippen molar-refractivity contribution in [2.24, 2.45) is 0 Å². The molecule has 4 rings (SSSR count). The van der Waals surface area contributed by atoms with Crippen molar-refractivity contribution in [3.8, 4) is 23.0 Å². The van der Waals surface area contributed by atoms with Crippen molar-refractivity contribution < 1.29 is 28.5 Å². The van der Waals surface area contributed by atoms with Gasteiger partial charge in [0.2, 0.25) is 25.4 Å². The van der Waals surface area contributed by atoms with Gasteiger partial charge in [-0.3, -0.25) is 9.59 Å². The van der Waals surface area contributed by atoms with Crippen LogP contribution in [0.1, 0.15) is 12.8 Å². The molecule has 26 heavy (non-hydrogen) atoms. The van der Waals surface area contributed by atoms with Crippen LogP contribution in [0.25, 0.3) is 0 Å². The van der Waals surface area contributed by atoms with E-state index in [1.807, 2.05) is 0 Å². The summed E-state index contributed by atoms with van der Waals surface area (Å²) in [6.07, 6.45) is 0.121.